The van der Waals surface area contributed by atoms with Crippen LogP contribution in [0.4, 0.5) is 0 Å². The number of aromatic nitrogens is 1. The maximum atomic E-state index is 11.2. The Kier molecular flexibility index (Phi) is 3.49. The third kappa shape index (κ3) is 2.90. The second kappa shape index (κ2) is 4.12. The van der Waals surface area contributed by atoms with Crippen LogP contribution in [-0.2, 0) is 10.4 Å². The minimum absolute atomic E-state index is 0.0729. The van der Waals surface area contributed by atoms with Gasteiger partial charge in [-0.3, -0.25) is 4.79 Å². The molecule has 0 aliphatic rings. The van der Waals surface area contributed by atoms with Gasteiger partial charge in [-0.05, 0) is 18.3 Å². The highest BCUT2D eigenvalue weighted by Gasteiger charge is 2.17. The summed E-state index contributed by atoms with van der Waals surface area (Å²) in [5.41, 5.74) is -0.592. The zero-order chi connectivity index (χ0) is 10.9. The summed E-state index contributed by atoms with van der Waals surface area (Å²) < 4.78 is 16.1. The van der Waals surface area contributed by atoms with Gasteiger partial charge in [0, 0.05) is 0 Å². The molecule has 14 heavy (non-hydrogen) atoms. The molecule has 0 fully saturated rings. The predicted molar refractivity (Wildman–Crippen MR) is 52.4 cm³/mol. The first kappa shape index (κ1) is 11.9. The van der Waals surface area contributed by atoms with Crippen molar-refractivity contribution in [1.29, 1.82) is 0 Å². The minimum Gasteiger partial charge on any atom is -0.379 e. The fraction of sp³-hybridized carbons (Fsp3) is 0.400. The quantitative estimate of drug-likeness (QED) is 0.792. The number of hydrogen-bond acceptors (Lipinski definition) is 4. The SMILES string of the molecule is Cc1on(CSP(=O)(O)O)c(=O)c1Cl. The van der Waals surface area contributed by atoms with Crippen LogP contribution in [0.25, 0.3) is 0 Å². The molecular weight excluding hydrogens is 253 g/mol. The van der Waals surface area contributed by atoms with Gasteiger partial charge in [-0.1, -0.05) is 11.6 Å². The minimum atomic E-state index is -4.20. The lowest BCUT2D eigenvalue weighted by Gasteiger charge is -2.01. The van der Waals surface area contributed by atoms with Gasteiger partial charge in [-0.2, -0.15) is 4.74 Å². The second-order valence-electron chi connectivity index (χ2n) is 2.39. The Morgan fingerprint density at radius 3 is 2.57 bits per heavy atom. The van der Waals surface area contributed by atoms with Gasteiger partial charge in [0.25, 0.3) is 0 Å². The number of nitrogens with zero attached hydrogens (tertiary/aromatic N) is 1. The fourth-order valence-corrected chi connectivity index (χ4v) is 2.04. The Morgan fingerprint density at radius 2 is 2.21 bits per heavy atom. The van der Waals surface area contributed by atoms with E-state index in [1.165, 1.54) is 6.92 Å². The summed E-state index contributed by atoms with van der Waals surface area (Å²) in [5.74, 6) is -0.0422. The molecular formula is C5H7ClNO5PS. The van der Waals surface area contributed by atoms with E-state index in [9.17, 15) is 9.36 Å². The molecule has 0 spiro atoms. The van der Waals surface area contributed by atoms with Crippen LogP contribution in [-0.4, -0.2) is 14.5 Å². The summed E-state index contributed by atoms with van der Waals surface area (Å²) in [6.45, 7) is -2.71. The number of rotatable bonds is 3. The summed E-state index contributed by atoms with van der Waals surface area (Å²) in [7, 11) is 0. The van der Waals surface area contributed by atoms with E-state index in [-0.39, 0.29) is 16.7 Å². The Hall–Kier alpha value is -0.200. The third-order valence-electron chi connectivity index (χ3n) is 1.31. The van der Waals surface area contributed by atoms with Crippen molar-refractivity contribution in [2.75, 3.05) is 0 Å². The van der Waals surface area contributed by atoms with Gasteiger partial charge in [-0.25, -0.2) is 4.57 Å². The molecule has 80 valence electrons. The van der Waals surface area contributed by atoms with Gasteiger partial charge >= 0.3 is 12.4 Å². The van der Waals surface area contributed by atoms with Crippen LogP contribution < -0.4 is 5.56 Å². The Bertz CT molecular complexity index is 434. The summed E-state index contributed by atoms with van der Waals surface area (Å²) >= 11 is 5.82. The van der Waals surface area contributed by atoms with E-state index in [1.54, 1.807) is 0 Å². The Labute approximate surface area is 87.7 Å². The fourth-order valence-electron chi connectivity index (χ4n) is 0.720. The standard InChI is InChI=1S/C5H7ClNO5PS/c1-3-4(6)5(8)7(12-3)2-14-13(9,10)11/h2H2,1H3,(H2,9,10,11). The van der Waals surface area contributed by atoms with Crippen molar-refractivity contribution in [2.24, 2.45) is 0 Å². The van der Waals surface area contributed by atoms with Crippen molar-refractivity contribution >= 4 is 29.8 Å². The van der Waals surface area contributed by atoms with Crippen molar-refractivity contribution in [1.82, 2.24) is 4.74 Å². The van der Waals surface area contributed by atoms with E-state index >= 15 is 0 Å². The van der Waals surface area contributed by atoms with Crippen molar-refractivity contribution in [3.05, 3.63) is 21.1 Å². The lowest BCUT2D eigenvalue weighted by atomic mass is 10.5. The molecule has 0 aromatic carbocycles. The highest BCUT2D eigenvalue weighted by molar-refractivity contribution is 8.54. The molecule has 1 aromatic rings. The van der Waals surface area contributed by atoms with E-state index in [1.807, 2.05) is 0 Å². The monoisotopic (exact) mass is 259 g/mol. The average molecular weight is 260 g/mol. The van der Waals surface area contributed by atoms with E-state index < -0.39 is 12.4 Å². The molecule has 2 N–H and O–H groups in total. The third-order valence-corrected chi connectivity index (χ3v) is 3.78. The summed E-state index contributed by atoms with van der Waals surface area (Å²) in [6.07, 6.45) is 0. The molecule has 0 atom stereocenters. The molecule has 6 nitrogen and oxygen atoms in total. The molecule has 0 aliphatic carbocycles. The van der Waals surface area contributed by atoms with Crippen LogP contribution >= 0.6 is 29.8 Å². The van der Waals surface area contributed by atoms with E-state index in [4.69, 9.17) is 25.9 Å². The van der Waals surface area contributed by atoms with Crippen molar-refractivity contribution in [3.8, 4) is 0 Å². The zero-order valence-corrected chi connectivity index (χ0v) is 9.47. The largest absolute Gasteiger partial charge is 0.385 e. The van der Waals surface area contributed by atoms with Crippen LogP contribution in [0, 0.1) is 6.92 Å². The molecule has 0 saturated heterocycles. The lowest BCUT2D eigenvalue weighted by molar-refractivity contribution is 0.279. The van der Waals surface area contributed by atoms with Crippen LogP contribution in [0.5, 0.6) is 0 Å². The van der Waals surface area contributed by atoms with Crippen molar-refractivity contribution < 1.29 is 18.9 Å². The van der Waals surface area contributed by atoms with Gasteiger partial charge in [0.15, 0.2) is 5.76 Å². The first-order valence-corrected chi connectivity index (χ1v) is 6.95. The molecule has 0 bridgehead atoms. The van der Waals surface area contributed by atoms with Crippen molar-refractivity contribution in [3.63, 3.8) is 0 Å². The summed E-state index contributed by atoms with van der Waals surface area (Å²) in [4.78, 5) is 28.2. The number of hydrogen-bond donors (Lipinski definition) is 2. The molecule has 0 radical (unpaired) electrons. The molecule has 0 saturated carbocycles. The van der Waals surface area contributed by atoms with E-state index in [0.29, 0.717) is 11.4 Å². The maximum absolute atomic E-state index is 11.2. The van der Waals surface area contributed by atoms with Gasteiger partial charge in [0.05, 0.1) is 0 Å². The molecule has 0 amide bonds. The molecule has 1 rings (SSSR count). The lowest BCUT2D eigenvalue weighted by Crippen LogP contribution is -2.12. The molecule has 9 heteroatoms. The molecule has 0 unspecified atom stereocenters. The second-order valence-corrected chi connectivity index (χ2v) is 6.47. The normalized spacial score (nSPS) is 12.0. The van der Waals surface area contributed by atoms with Crippen molar-refractivity contribution in [2.45, 2.75) is 12.8 Å². The van der Waals surface area contributed by atoms with Crippen LogP contribution in [0.1, 0.15) is 5.76 Å². The topological polar surface area (TPSA) is 92.7 Å². The first-order valence-electron chi connectivity index (χ1n) is 3.37. The average Bonchev–Trinajstić information content (AvgIpc) is 2.28. The zero-order valence-electron chi connectivity index (χ0n) is 7.01. The summed E-state index contributed by atoms with van der Waals surface area (Å²) in [5, 5.41) is -0.0729. The van der Waals surface area contributed by atoms with E-state index in [0.717, 1.165) is 4.74 Å². The highest BCUT2D eigenvalue weighted by atomic mass is 35.5. The molecule has 1 aromatic heterocycles. The van der Waals surface area contributed by atoms with Crippen LogP contribution in [0.15, 0.2) is 9.32 Å². The van der Waals surface area contributed by atoms with Crippen LogP contribution in [0.3, 0.4) is 0 Å². The van der Waals surface area contributed by atoms with Crippen LogP contribution in [0.2, 0.25) is 5.02 Å². The maximum Gasteiger partial charge on any atom is 0.385 e. The van der Waals surface area contributed by atoms with Gasteiger partial charge in [-0.15, -0.1) is 0 Å². The number of aryl methyl sites for hydroxylation is 1. The highest BCUT2D eigenvalue weighted by Crippen LogP contribution is 2.50. The molecule has 1 heterocycles. The van der Waals surface area contributed by atoms with E-state index in [2.05, 4.69) is 0 Å². The van der Waals surface area contributed by atoms with Gasteiger partial charge in [0.2, 0.25) is 0 Å². The van der Waals surface area contributed by atoms with Gasteiger partial charge < -0.3 is 14.3 Å². The Morgan fingerprint density at radius 1 is 1.64 bits per heavy atom. The predicted octanol–water partition coefficient (Wildman–Crippen LogP) is 1.19. The van der Waals surface area contributed by atoms with Gasteiger partial charge in [0.1, 0.15) is 10.9 Å². The first-order chi connectivity index (χ1) is 6.31. The number of halogens is 1. The smallest absolute Gasteiger partial charge is 0.379 e. The molecule has 0 aliphatic heterocycles. The Balaban J connectivity index is 2.84. The summed E-state index contributed by atoms with van der Waals surface area (Å²) in [6, 6.07) is 0.